The molecule has 0 unspecified atom stereocenters. The molecule has 4 heterocycles. The number of hydrogen-bond donors (Lipinski definition) is 2. The highest BCUT2D eigenvalue weighted by Crippen LogP contribution is 2.41. The normalized spacial score (nSPS) is 20.8. The number of nitrogens with one attached hydrogen (secondary N) is 2. The molecule has 0 bridgehead atoms. The number of carbonyl (C=O) groups excluding carboxylic acids is 1. The maximum absolute atomic E-state index is 14.7. The smallest absolute Gasteiger partial charge is 0.247 e. The van der Waals surface area contributed by atoms with Gasteiger partial charge in [-0.15, -0.1) is 0 Å². The molecule has 1 atom stereocenters. The molecule has 49 heavy (non-hydrogen) atoms. The van der Waals surface area contributed by atoms with Crippen LogP contribution < -0.4 is 25.3 Å². The van der Waals surface area contributed by atoms with E-state index in [-0.39, 0.29) is 5.91 Å². The van der Waals surface area contributed by atoms with E-state index in [1.165, 1.54) is 49.0 Å². The van der Waals surface area contributed by atoms with Gasteiger partial charge in [0.1, 0.15) is 29.5 Å². The summed E-state index contributed by atoms with van der Waals surface area (Å²) in [7, 11) is 1.60. The van der Waals surface area contributed by atoms with E-state index in [0.29, 0.717) is 53.4 Å². The van der Waals surface area contributed by atoms with E-state index in [1.807, 2.05) is 12.1 Å². The standard InChI is InChI=1S/C36H44F2N8O3/c1-3-36(47)42-29-19-30(41-34-21-35(40-23-39-34)46-31(10-17-49-46)27-7-6-25(37)18-28(27)38)33(48-2)20-32(29)45-11-8-26(9-12-45)44-15-13-43(14-16-44)22-24-4-5-24/h3,6-7,18-21,23-24,26,31H,1,4-5,8-17,22H2,2H3,(H,42,47)(H,39,40,41)/t31-/m1/s1. The van der Waals surface area contributed by atoms with E-state index >= 15 is 0 Å². The Balaban J connectivity index is 1.07. The van der Waals surface area contributed by atoms with Crippen LogP contribution in [0.5, 0.6) is 5.75 Å². The third-order valence-corrected chi connectivity index (χ3v) is 10.1. The van der Waals surface area contributed by atoms with Crippen LogP contribution in [0.2, 0.25) is 0 Å². The Hall–Kier alpha value is -4.33. The second-order valence-electron chi connectivity index (χ2n) is 13.3. The zero-order valence-corrected chi connectivity index (χ0v) is 27.9. The molecule has 3 aliphatic heterocycles. The van der Waals surface area contributed by atoms with Gasteiger partial charge >= 0.3 is 0 Å². The zero-order valence-electron chi connectivity index (χ0n) is 27.9. The molecule has 11 nitrogen and oxygen atoms in total. The fourth-order valence-electron chi connectivity index (χ4n) is 7.25. The van der Waals surface area contributed by atoms with Crippen molar-refractivity contribution in [1.29, 1.82) is 0 Å². The summed E-state index contributed by atoms with van der Waals surface area (Å²) in [6.07, 6.45) is 8.03. The van der Waals surface area contributed by atoms with Gasteiger partial charge < -0.3 is 25.2 Å². The third-order valence-electron chi connectivity index (χ3n) is 10.1. The number of rotatable bonds is 11. The number of halogens is 2. The number of ether oxygens (including phenoxy) is 1. The highest BCUT2D eigenvalue weighted by Gasteiger charge is 2.33. The molecule has 0 radical (unpaired) electrons. The number of methoxy groups -OCH3 is 1. The Morgan fingerprint density at radius 3 is 2.51 bits per heavy atom. The molecule has 13 heteroatoms. The first-order valence-corrected chi connectivity index (χ1v) is 17.2. The van der Waals surface area contributed by atoms with Crippen LogP contribution in [0.3, 0.4) is 0 Å². The first-order valence-electron chi connectivity index (χ1n) is 17.2. The number of anilines is 5. The SMILES string of the molecule is C=CC(=O)Nc1cc(Nc2cc(N3OCC[C@@H]3c3ccc(F)cc3F)ncn2)c(OC)cc1N1CCC(N2CCN(CC3CC3)CC2)CC1. The lowest BCUT2D eigenvalue weighted by Gasteiger charge is -2.43. The molecule has 1 saturated carbocycles. The Kier molecular flexibility index (Phi) is 9.92. The largest absolute Gasteiger partial charge is 0.494 e. The highest BCUT2D eigenvalue weighted by atomic mass is 19.1. The van der Waals surface area contributed by atoms with Crippen LogP contribution in [-0.4, -0.2) is 91.2 Å². The molecule has 3 aromatic rings. The summed E-state index contributed by atoms with van der Waals surface area (Å²) in [4.78, 5) is 34.8. The number of piperidine rings is 1. The fraction of sp³-hybridized carbons (Fsp3) is 0.472. The van der Waals surface area contributed by atoms with E-state index in [4.69, 9.17) is 9.57 Å². The van der Waals surface area contributed by atoms with Gasteiger partial charge in [-0.25, -0.2) is 23.8 Å². The summed E-state index contributed by atoms with van der Waals surface area (Å²) in [5, 5.41) is 7.82. The van der Waals surface area contributed by atoms with Crippen molar-refractivity contribution in [3.63, 3.8) is 0 Å². The van der Waals surface area contributed by atoms with Crippen molar-refractivity contribution < 1.29 is 23.1 Å². The Morgan fingerprint density at radius 1 is 1.00 bits per heavy atom. The number of aromatic nitrogens is 2. The molecular formula is C36H44F2N8O3. The Bertz CT molecular complexity index is 1660. The zero-order chi connectivity index (χ0) is 33.9. The van der Waals surface area contributed by atoms with Gasteiger partial charge in [-0.1, -0.05) is 12.6 Å². The van der Waals surface area contributed by atoms with Gasteiger partial charge in [0.15, 0.2) is 5.82 Å². The number of piperazine rings is 1. The minimum absolute atomic E-state index is 0.314. The molecule has 1 amide bonds. The second-order valence-corrected chi connectivity index (χ2v) is 13.3. The average molecular weight is 675 g/mol. The maximum Gasteiger partial charge on any atom is 0.247 e. The number of nitrogens with zero attached hydrogens (tertiary/aromatic N) is 6. The lowest BCUT2D eigenvalue weighted by molar-refractivity contribution is -0.111. The van der Waals surface area contributed by atoms with Crippen LogP contribution >= 0.6 is 0 Å². The molecule has 0 spiro atoms. The van der Waals surface area contributed by atoms with Crippen molar-refractivity contribution >= 4 is 34.6 Å². The molecule has 4 aliphatic rings. The van der Waals surface area contributed by atoms with Crippen LogP contribution in [0.15, 0.2) is 55.4 Å². The fourth-order valence-corrected chi connectivity index (χ4v) is 7.25. The van der Waals surface area contributed by atoms with E-state index in [2.05, 4.69) is 41.9 Å². The molecule has 7 rings (SSSR count). The lowest BCUT2D eigenvalue weighted by atomic mass is 10.0. The highest BCUT2D eigenvalue weighted by molar-refractivity contribution is 6.02. The molecule has 1 aliphatic carbocycles. The van der Waals surface area contributed by atoms with E-state index < -0.39 is 17.7 Å². The summed E-state index contributed by atoms with van der Waals surface area (Å²) >= 11 is 0. The molecule has 1 aromatic heterocycles. The number of benzene rings is 2. The van der Waals surface area contributed by atoms with Crippen molar-refractivity contribution in [1.82, 2.24) is 19.8 Å². The van der Waals surface area contributed by atoms with E-state index in [9.17, 15) is 13.6 Å². The second kappa shape index (κ2) is 14.7. The first-order chi connectivity index (χ1) is 23.9. The summed E-state index contributed by atoms with van der Waals surface area (Å²) in [6, 6.07) is 9.08. The summed E-state index contributed by atoms with van der Waals surface area (Å²) < 4.78 is 34.1. The molecule has 4 fully saturated rings. The predicted octanol–water partition coefficient (Wildman–Crippen LogP) is 5.51. The lowest BCUT2D eigenvalue weighted by Crippen LogP contribution is -2.53. The number of hydroxylamine groups is 1. The maximum atomic E-state index is 14.7. The van der Waals surface area contributed by atoms with Gasteiger partial charge in [-0.05, 0) is 49.8 Å². The van der Waals surface area contributed by atoms with Crippen molar-refractivity contribution in [3.8, 4) is 5.75 Å². The first kappa shape index (κ1) is 33.2. The predicted molar refractivity (Wildman–Crippen MR) is 185 cm³/mol. The van der Waals surface area contributed by atoms with Crippen LogP contribution in [-0.2, 0) is 9.63 Å². The summed E-state index contributed by atoms with van der Waals surface area (Å²) in [5.74, 6) is 0.756. The number of carbonyl (C=O) groups is 1. The van der Waals surface area contributed by atoms with Crippen molar-refractivity contribution in [2.45, 2.75) is 44.2 Å². The van der Waals surface area contributed by atoms with E-state index in [0.717, 1.165) is 69.8 Å². The van der Waals surface area contributed by atoms with E-state index in [1.54, 1.807) is 13.2 Å². The summed E-state index contributed by atoms with van der Waals surface area (Å²) in [5.41, 5.74) is 2.41. The molecule has 2 N–H and O–H groups in total. The van der Waals surface area contributed by atoms with Crippen LogP contribution in [0, 0.1) is 17.6 Å². The summed E-state index contributed by atoms with van der Waals surface area (Å²) in [6.45, 7) is 11.6. The topological polar surface area (TPSA) is 98.3 Å². The van der Waals surface area contributed by atoms with Crippen LogP contribution in [0.25, 0.3) is 0 Å². The van der Waals surface area contributed by atoms with Gasteiger partial charge in [0, 0.05) is 82.0 Å². The van der Waals surface area contributed by atoms with Crippen LogP contribution in [0.1, 0.15) is 43.7 Å². The van der Waals surface area contributed by atoms with Crippen molar-refractivity contribution in [2.75, 3.05) is 80.1 Å². The molecule has 2 aromatic carbocycles. The molecule has 260 valence electrons. The van der Waals surface area contributed by atoms with Gasteiger partial charge in [0.2, 0.25) is 5.91 Å². The minimum Gasteiger partial charge on any atom is -0.494 e. The average Bonchev–Trinajstić information content (AvgIpc) is 3.80. The third kappa shape index (κ3) is 7.63. The minimum atomic E-state index is -0.641. The van der Waals surface area contributed by atoms with Crippen molar-refractivity contribution in [2.24, 2.45) is 5.92 Å². The monoisotopic (exact) mass is 674 g/mol. The molecular weight excluding hydrogens is 630 g/mol. The van der Waals surface area contributed by atoms with Crippen LogP contribution in [0.4, 0.5) is 37.5 Å². The Morgan fingerprint density at radius 2 is 1.80 bits per heavy atom. The quantitative estimate of drug-likeness (QED) is 0.254. The number of amides is 1. The van der Waals surface area contributed by atoms with Gasteiger partial charge in [-0.2, -0.15) is 0 Å². The Labute approximate surface area is 285 Å². The van der Waals surface area contributed by atoms with Crippen molar-refractivity contribution in [3.05, 3.63) is 72.6 Å². The van der Waals surface area contributed by atoms with Gasteiger partial charge in [0.25, 0.3) is 0 Å². The van der Waals surface area contributed by atoms with Gasteiger partial charge in [-0.3, -0.25) is 14.5 Å². The van der Waals surface area contributed by atoms with Gasteiger partial charge in [0.05, 0.1) is 36.8 Å². The molecule has 3 saturated heterocycles. The number of hydrogen-bond acceptors (Lipinski definition) is 10.